The summed E-state index contributed by atoms with van der Waals surface area (Å²) in [7, 11) is 1.72. The van der Waals surface area contributed by atoms with E-state index in [9.17, 15) is 9.59 Å². The van der Waals surface area contributed by atoms with Gasteiger partial charge in [-0.15, -0.1) is 0 Å². The van der Waals surface area contributed by atoms with Crippen molar-refractivity contribution in [3.63, 3.8) is 0 Å². The first-order valence-corrected chi connectivity index (χ1v) is 7.95. The van der Waals surface area contributed by atoms with E-state index in [0.29, 0.717) is 21.3 Å². The average molecular weight is 370 g/mol. The van der Waals surface area contributed by atoms with Crippen LogP contribution in [0, 0.1) is 6.92 Å². The number of carbonyl (C=O) groups excluding carboxylic acids is 2. The van der Waals surface area contributed by atoms with E-state index >= 15 is 0 Å². The molecule has 0 spiro atoms. The fourth-order valence-corrected chi connectivity index (χ4v) is 2.36. The highest BCUT2D eigenvalue weighted by Crippen LogP contribution is 2.25. The van der Waals surface area contributed by atoms with Crippen molar-refractivity contribution in [1.82, 2.24) is 15.1 Å². The summed E-state index contributed by atoms with van der Waals surface area (Å²) in [6.07, 6.45) is 1.41. The topological polar surface area (TPSA) is 73.2 Å². The van der Waals surface area contributed by atoms with Crippen LogP contribution in [0.3, 0.4) is 0 Å². The smallest absolute Gasteiger partial charge is 0.342 e. The summed E-state index contributed by atoms with van der Waals surface area (Å²) in [5.74, 6) is -0.999. The SMILES string of the molecule is Cc1c(C(=O)OCC(=O)NC(C)c2ccc(Cl)c(Cl)c2)cnn1C. The van der Waals surface area contributed by atoms with E-state index in [2.05, 4.69) is 10.4 Å². The van der Waals surface area contributed by atoms with Gasteiger partial charge in [0.15, 0.2) is 6.61 Å². The zero-order chi connectivity index (χ0) is 17.9. The molecule has 8 heteroatoms. The van der Waals surface area contributed by atoms with Gasteiger partial charge in [-0.05, 0) is 31.5 Å². The van der Waals surface area contributed by atoms with E-state index in [1.165, 1.54) is 6.20 Å². The van der Waals surface area contributed by atoms with Crippen LogP contribution >= 0.6 is 23.2 Å². The van der Waals surface area contributed by atoms with Crippen molar-refractivity contribution < 1.29 is 14.3 Å². The van der Waals surface area contributed by atoms with Crippen LogP contribution in [-0.2, 0) is 16.6 Å². The molecular formula is C16H17Cl2N3O3. The number of hydrogen-bond acceptors (Lipinski definition) is 4. The number of amides is 1. The maximum atomic E-state index is 11.9. The Kier molecular flexibility index (Phi) is 5.85. The predicted molar refractivity (Wildman–Crippen MR) is 91.2 cm³/mol. The van der Waals surface area contributed by atoms with Crippen molar-refractivity contribution in [3.05, 3.63) is 51.3 Å². The molecule has 0 aliphatic rings. The second kappa shape index (κ2) is 7.68. The van der Waals surface area contributed by atoms with Crippen LogP contribution in [0.1, 0.15) is 34.6 Å². The number of rotatable bonds is 5. The number of nitrogens with one attached hydrogen (secondary N) is 1. The summed E-state index contributed by atoms with van der Waals surface area (Å²) in [5, 5.41) is 7.55. The van der Waals surface area contributed by atoms with Crippen molar-refractivity contribution >= 4 is 35.1 Å². The molecule has 1 aromatic heterocycles. The van der Waals surface area contributed by atoms with E-state index in [-0.39, 0.29) is 12.6 Å². The Hall–Kier alpha value is -2.05. The first kappa shape index (κ1) is 18.3. The number of esters is 1. The quantitative estimate of drug-likeness (QED) is 0.821. The summed E-state index contributed by atoms with van der Waals surface area (Å²) < 4.78 is 6.57. The summed E-state index contributed by atoms with van der Waals surface area (Å²) >= 11 is 11.8. The van der Waals surface area contributed by atoms with Crippen LogP contribution in [0.25, 0.3) is 0 Å². The lowest BCUT2D eigenvalue weighted by Crippen LogP contribution is -2.31. The summed E-state index contributed by atoms with van der Waals surface area (Å²) in [5.41, 5.74) is 1.81. The number of halogens is 2. The fraction of sp³-hybridized carbons (Fsp3) is 0.312. The molecule has 2 rings (SSSR count). The molecule has 0 aliphatic heterocycles. The third kappa shape index (κ3) is 4.27. The largest absolute Gasteiger partial charge is 0.452 e. The molecule has 0 saturated carbocycles. The molecule has 1 atom stereocenters. The number of ether oxygens (including phenoxy) is 1. The van der Waals surface area contributed by atoms with Gasteiger partial charge in [0, 0.05) is 12.7 Å². The van der Waals surface area contributed by atoms with Gasteiger partial charge in [0.1, 0.15) is 5.56 Å². The van der Waals surface area contributed by atoms with E-state index in [1.54, 1.807) is 43.8 Å². The molecule has 1 unspecified atom stereocenters. The molecule has 2 aromatic rings. The fourth-order valence-electron chi connectivity index (χ4n) is 2.06. The van der Waals surface area contributed by atoms with E-state index < -0.39 is 11.9 Å². The van der Waals surface area contributed by atoms with Crippen LogP contribution in [-0.4, -0.2) is 28.3 Å². The van der Waals surface area contributed by atoms with Crippen LogP contribution in [0.4, 0.5) is 0 Å². The van der Waals surface area contributed by atoms with Gasteiger partial charge in [-0.3, -0.25) is 9.48 Å². The van der Waals surface area contributed by atoms with Gasteiger partial charge in [0.05, 0.1) is 22.3 Å². The molecule has 0 saturated heterocycles. The van der Waals surface area contributed by atoms with Crippen molar-refractivity contribution in [2.45, 2.75) is 19.9 Å². The van der Waals surface area contributed by atoms with Crippen LogP contribution in [0.15, 0.2) is 24.4 Å². The Morgan fingerprint density at radius 2 is 2.04 bits per heavy atom. The third-order valence-electron chi connectivity index (χ3n) is 3.61. The molecule has 0 aliphatic carbocycles. The Labute approximate surface area is 149 Å². The summed E-state index contributed by atoms with van der Waals surface area (Å²) in [4.78, 5) is 23.9. The van der Waals surface area contributed by atoms with Crippen molar-refractivity contribution in [2.24, 2.45) is 7.05 Å². The van der Waals surface area contributed by atoms with Gasteiger partial charge in [-0.1, -0.05) is 29.3 Å². The number of aryl methyl sites for hydroxylation is 1. The lowest BCUT2D eigenvalue weighted by atomic mass is 10.1. The zero-order valence-corrected chi connectivity index (χ0v) is 15.0. The van der Waals surface area contributed by atoms with Gasteiger partial charge in [0.25, 0.3) is 5.91 Å². The van der Waals surface area contributed by atoms with E-state index in [4.69, 9.17) is 27.9 Å². The maximum Gasteiger partial charge on any atom is 0.342 e. The molecule has 6 nitrogen and oxygen atoms in total. The number of nitrogens with zero attached hydrogens (tertiary/aromatic N) is 2. The van der Waals surface area contributed by atoms with E-state index in [0.717, 1.165) is 5.56 Å². The highest BCUT2D eigenvalue weighted by Gasteiger charge is 2.17. The highest BCUT2D eigenvalue weighted by molar-refractivity contribution is 6.42. The van der Waals surface area contributed by atoms with Crippen LogP contribution in [0.2, 0.25) is 10.0 Å². The second-order valence-corrected chi connectivity index (χ2v) is 6.12. The van der Waals surface area contributed by atoms with Crippen LogP contribution in [0.5, 0.6) is 0 Å². The van der Waals surface area contributed by atoms with Crippen LogP contribution < -0.4 is 5.32 Å². The van der Waals surface area contributed by atoms with Crippen molar-refractivity contribution in [2.75, 3.05) is 6.61 Å². The molecule has 128 valence electrons. The molecule has 1 N–H and O–H groups in total. The lowest BCUT2D eigenvalue weighted by Gasteiger charge is -2.15. The highest BCUT2D eigenvalue weighted by atomic mass is 35.5. The number of hydrogen-bond donors (Lipinski definition) is 1. The molecule has 1 heterocycles. The number of benzene rings is 1. The molecule has 1 amide bonds. The Balaban J connectivity index is 1.89. The molecule has 0 fully saturated rings. The Bertz CT molecular complexity index is 774. The monoisotopic (exact) mass is 369 g/mol. The first-order valence-electron chi connectivity index (χ1n) is 7.19. The van der Waals surface area contributed by atoms with E-state index in [1.807, 2.05) is 0 Å². The normalized spacial score (nSPS) is 11.9. The van der Waals surface area contributed by atoms with Gasteiger partial charge < -0.3 is 10.1 Å². The van der Waals surface area contributed by atoms with Gasteiger partial charge in [0.2, 0.25) is 0 Å². The molecule has 0 radical (unpaired) electrons. The molecule has 24 heavy (non-hydrogen) atoms. The van der Waals surface area contributed by atoms with Crippen molar-refractivity contribution in [3.8, 4) is 0 Å². The number of carbonyl (C=O) groups is 2. The minimum atomic E-state index is -0.585. The third-order valence-corrected chi connectivity index (χ3v) is 4.35. The summed E-state index contributed by atoms with van der Waals surface area (Å²) in [6.45, 7) is 3.17. The minimum Gasteiger partial charge on any atom is -0.452 e. The van der Waals surface area contributed by atoms with Crippen molar-refractivity contribution in [1.29, 1.82) is 0 Å². The molecular weight excluding hydrogens is 353 g/mol. The zero-order valence-electron chi connectivity index (χ0n) is 13.5. The predicted octanol–water partition coefficient (Wildman–Crippen LogP) is 3.07. The second-order valence-electron chi connectivity index (χ2n) is 5.31. The molecule has 1 aromatic carbocycles. The molecule has 0 bridgehead atoms. The van der Waals surface area contributed by atoms with Gasteiger partial charge in [-0.25, -0.2) is 4.79 Å². The standard InChI is InChI=1S/C16H17Cl2N3O3/c1-9(11-4-5-13(17)14(18)6-11)20-15(22)8-24-16(23)12-7-19-21(3)10(12)2/h4-7,9H,8H2,1-3H3,(H,20,22). The minimum absolute atomic E-state index is 0.300. The lowest BCUT2D eigenvalue weighted by molar-refractivity contribution is -0.124. The van der Waals surface area contributed by atoms with Gasteiger partial charge in [-0.2, -0.15) is 5.10 Å². The Morgan fingerprint density at radius 3 is 2.62 bits per heavy atom. The maximum absolute atomic E-state index is 11.9. The van der Waals surface area contributed by atoms with Gasteiger partial charge >= 0.3 is 5.97 Å². The first-order chi connectivity index (χ1) is 11.3. The average Bonchev–Trinajstić information content (AvgIpc) is 2.87. The Morgan fingerprint density at radius 1 is 1.33 bits per heavy atom. The summed E-state index contributed by atoms with van der Waals surface area (Å²) in [6, 6.07) is 4.81. The number of aromatic nitrogens is 2.